The van der Waals surface area contributed by atoms with Crippen LogP contribution in [0.2, 0.25) is 10.0 Å². The van der Waals surface area contributed by atoms with E-state index >= 15 is 0 Å². The zero-order chi connectivity index (χ0) is 26.6. The van der Waals surface area contributed by atoms with Crippen LogP contribution in [0, 0.1) is 5.92 Å². The summed E-state index contributed by atoms with van der Waals surface area (Å²) in [6.07, 6.45) is 7.36. The molecule has 3 N–H and O–H groups in total. The quantitative estimate of drug-likeness (QED) is 0.493. The van der Waals surface area contributed by atoms with E-state index < -0.39 is 0 Å². The van der Waals surface area contributed by atoms with Crippen molar-refractivity contribution >= 4 is 41.0 Å². The van der Waals surface area contributed by atoms with Crippen molar-refractivity contribution in [2.24, 2.45) is 5.92 Å². The lowest BCUT2D eigenvalue weighted by molar-refractivity contribution is -0.146. The number of nitrogens with zero attached hydrogens (tertiary/aromatic N) is 3. The van der Waals surface area contributed by atoms with Crippen LogP contribution in [-0.4, -0.2) is 90.1 Å². The van der Waals surface area contributed by atoms with Crippen molar-refractivity contribution in [2.75, 3.05) is 39.4 Å². The predicted octanol–water partition coefficient (Wildman–Crippen LogP) is 2.81. The fourth-order valence-corrected chi connectivity index (χ4v) is 6.70. The van der Waals surface area contributed by atoms with Crippen molar-refractivity contribution in [3.05, 3.63) is 33.8 Å². The number of hydrogen-bond donors (Lipinski definition) is 3. The van der Waals surface area contributed by atoms with Crippen molar-refractivity contribution in [3.8, 4) is 0 Å². The Kier molecular flexibility index (Phi) is 8.98. The number of rotatable bonds is 6. The van der Waals surface area contributed by atoms with E-state index in [0.717, 1.165) is 63.8 Å². The van der Waals surface area contributed by atoms with E-state index in [1.807, 2.05) is 11.0 Å². The molecule has 0 radical (unpaired) electrons. The van der Waals surface area contributed by atoms with Gasteiger partial charge in [0.05, 0.1) is 22.6 Å². The van der Waals surface area contributed by atoms with Crippen LogP contribution in [0.25, 0.3) is 0 Å². The summed E-state index contributed by atoms with van der Waals surface area (Å²) < 4.78 is 0. The summed E-state index contributed by atoms with van der Waals surface area (Å²) in [5.74, 6) is -0.282. The Morgan fingerprint density at radius 3 is 2.50 bits per heavy atom. The van der Waals surface area contributed by atoms with E-state index in [1.165, 1.54) is 12.8 Å². The maximum Gasteiger partial charge on any atom is 0.317 e. The fourth-order valence-electron chi connectivity index (χ4n) is 6.38. The maximum atomic E-state index is 13.4. The minimum atomic E-state index is -0.205. The summed E-state index contributed by atoms with van der Waals surface area (Å²) >= 11 is 12.0. The van der Waals surface area contributed by atoms with E-state index in [4.69, 9.17) is 23.2 Å². The van der Waals surface area contributed by atoms with Crippen molar-refractivity contribution < 1.29 is 14.4 Å². The second-order valence-electron chi connectivity index (χ2n) is 11.1. The minimum Gasteiger partial charge on any atom is -0.350 e. The van der Waals surface area contributed by atoms with Gasteiger partial charge in [0.15, 0.2) is 0 Å². The molecule has 0 spiro atoms. The molecule has 9 nitrogen and oxygen atoms in total. The van der Waals surface area contributed by atoms with Gasteiger partial charge in [0.1, 0.15) is 6.54 Å². The second kappa shape index (κ2) is 12.4. The summed E-state index contributed by atoms with van der Waals surface area (Å²) in [5.41, 5.74) is 0.849. The van der Waals surface area contributed by atoms with Crippen LogP contribution in [-0.2, 0) is 16.1 Å². The Balaban J connectivity index is 1.08. The maximum absolute atomic E-state index is 13.4. The van der Waals surface area contributed by atoms with Crippen molar-refractivity contribution in [1.82, 2.24) is 30.7 Å². The first-order valence-electron chi connectivity index (χ1n) is 13.9. The van der Waals surface area contributed by atoms with Crippen LogP contribution < -0.4 is 16.0 Å². The van der Waals surface area contributed by atoms with Gasteiger partial charge in [0.25, 0.3) is 0 Å². The third kappa shape index (κ3) is 6.55. The normalized spacial score (nSPS) is 26.8. The van der Waals surface area contributed by atoms with Gasteiger partial charge in [0.2, 0.25) is 11.8 Å². The van der Waals surface area contributed by atoms with E-state index in [2.05, 4.69) is 20.9 Å². The SMILES string of the molecule is O=C(CN1CNC2CCC(N3CCN(C(=O)NC4CCCC4)CC3)CC2C1=O)NCc1ccc(Cl)c(Cl)c1. The molecule has 3 unspecified atom stereocenters. The van der Waals surface area contributed by atoms with E-state index in [-0.39, 0.29) is 36.3 Å². The molecule has 2 heterocycles. The molecule has 5 rings (SSSR count). The molecule has 2 saturated carbocycles. The van der Waals surface area contributed by atoms with Crippen LogP contribution in [0.4, 0.5) is 4.79 Å². The molecule has 2 saturated heterocycles. The van der Waals surface area contributed by atoms with Gasteiger partial charge in [-0.1, -0.05) is 42.1 Å². The number of urea groups is 1. The fraction of sp³-hybridized carbons (Fsp3) is 0.667. The highest BCUT2D eigenvalue weighted by atomic mass is 35.5. The number of nitrogens with one attached hydrogen (secondary N) is 3. The van der Waals surface area contributed by atoms with E-state index in [0.29, 0.717) is 35.3 Å². The second-order valence-corrected chi connectivity index (χ2v) is 11.9. The topological polar surface area (TPSA) is 97.0 Å². The number of carbonyl (C=O) groups excluding carboxylic acids is 3. The van der Waals surface area contributed by atoms with Gasteiger partial charge in [-0.15, -0.1) is 0 Å². The number of carbonyl (C=O) groups is 3. The summed E-state index contributed by atoms with van der Waals surface area (Å²) in [6, 6.07) is 6.14. The number of hydrogen-bond acceptors (Lipinski definition) is 5. The molecule has 11 heteroatoms. The Morgan fingerprint density at radius 2 is 1.76 bits per heavy atom. The monoisotopic (exact) mass is 564 g/mol. The molecular weight excluding hydrogens is 527 g/mol. The summed E-state index contributed by atoms with van der Waals surface area (Å²) in [5, 5.41) is 10.5. The van der Waals surface area contributed by atoms with Crippen LogP contribution in [0.1, 0.15) is 50.5 Å². The molecular formula is C27H38Cl2N6O3. The van der Waals surface area contributed by atoms with Crippen LogP contribution >= 0.6 is 23.2 Å². The van der Waals surface area contributed by atoms with E-state index in [9.17, 15) is 14.4 Å². The number of piperazine rings is 1. The van der Waals surface area contributed by atoms with Gasteiger partial charge in [0, 0.05) is 50.8 Å². The summed E-state index contributed by atoms with van der Waals surface area (Å²) in [4.78, 5) is 44.6. The third-order valence-corrected chi connectivity index (χ3v) is 9.34. The molecule has 1 aromatic rings. The number of amides is 4. The van der Waals surface area contributed by atoms with Gasteiger partial charge in [-0.3, -0.25) is 19.8 Å². The highest BCUT2D eigenvalue weighted by Crippen LogP contribution is 2.32. The van der Waals surface area contributed by atoms with Crippen molar-refractivity contribution in [3.63, 3.8) is 0 Å². The van der Waals surface area contributed by atoms with Crippen molar-refractivity contribution in [1.29, 1.82) is 0 Å². The smallest absolute Gasteiger partial charge is 0.317 e. The zero-order valence-corrected chi connectivity index (χ0v) is 23.3. The number of benzene rings is 1. The standard InChI is InChI=1S/C27H38Cl2N6O3/c28-22-7-5-18(13-23(22)29)15-30-25(36)16-35-17-31-24-8-6-20(14-21(24)26(35)37)33-9-11-34(12-10-33)27(38)32-19-3-1-2-4-19/h5,7,13,19-21,24,31H,1-4,6,8-12,14-17H2,(H,30,36)(H,32,38). The predicted molar refractivity (Wildman–Crippen MR) is 147 cm³/mol. The number of fused-ring (bicyclic) bond motifs is 1. The highest BCUT2D eigenvalue weighted by molar-refractivity contribution is 6.42. The summed E-state index contributed by atoms with van der Waals surface area (Å²) in [7, 11) is 0. The molecule has 208 valence electrons. The molecule has 3 atom stereocenters. The minimum absolute atomic E-state index is 0.0236. The molecule has 0 aromatic heterocycles. The third-order valence-electron chi connectivity index (χ3n) is 8.60. The average Bonchev–Trinajstić information content (AvgIpc) is 3.44. The molecule has 2 aliphatic heterocycles. The van der Waals surface area contributed by atoms with Crippen LogP contribution in [0.3, 0.4) is 0 Å². The Hall–Kier alpha value is -2.07. The largest absolute Gasteiger partial charge is 0.350 e. The molecule has 1 aromatic carbocycles. The molecule has 4 amide bonds. The molecule has 38 heavy (non-hydrogen) atoms. The van der Waals surface area contributed by atoms with Crippen LogP contribution in [0.5, 0.6) is 0 Å². The summed E-state index contributed by atoms with van der Waals surface area (Å²) in [6.45, 7) is 3.85. The zero-order valence-electron chi connectivity index (χ0n) is 21.8. The van der Waals surface area contributed by atoms with Crippen molar-refractivity contribution in [2.45, 2.75) is 69.6 Å². The first-order chi connectivity index (χ1) is 18.4. The molecule has 2 aliphatic carbocycles. The van der Waals surface area contributed by atoms with Gasteiger partial charge in [-0.2, -0.15) is 0 Å². The Morgan fingerprint density at radius 1 is 1.00 bits per heavy atom. The lowest BCUT2D eigenvalue weighted by Crippen LogP contribution is -2.62. The Bertz CT molecular complexity index is 1030. The molecule has 4 fully saturated rings. The number of halogens is 2. The van der Waals surface area contributed by atoms with E-state index in [1.54, 1.807) is 17.0 Å². The highest BCUT2D eigenvalue weighted by Gasteiger charge is 2.42. The first kappa shape index (κ1) is 27.5. The molecule has 4 aliphatic rings. The van der Waals surface area contributed by atoms with Gasteiger partial charge in [-0.25, -0.2) is 4.79 Å². The van der Waals surface area contributed by atoms with Gasteiger partial charge >= 0.3 is 6.03 Å². The van der Waals surface area contributed by atoms with Gasteiger partial charge in [-0.05, 0) is 49.8 Å². The van der Waals surface area contributed by atoms with Crippen LogP contribution in [0.15, 0.2) is 18.2 Å². The average molecular weight is 566 g/mol. The first-order valence-corrected chi connectivity index (χ1v) is 14.7. The lowest BCUT2D eigenvalue weighted by Gasteiger charge is -2.47. The lowest BCUT2D eigenvalue weighted by atomic mass is 9.79. The molecule has 0 bridgehead atoms. The van der Waals surface area contributed by atoms with Gasteiger partial charge < -0.3 is 20.4 Å². The Labute approximate surface area is 234 Å².